The first-order valence-electron chi connectivity index (χ1n) is 7.70. The summed E-state index contributed by atoms with van der Waals surface area (Å²) in [5, 5.41) is 17.6. The lowest BCUT2D eigenvalue weighted by Gasteiger charge is -2.06. The Balaban J connectivity index is 2.23. The molecule has 23 heavy (non-hydrogen) atoms. The topological polar surface area (TPSA) is 45.0 Å². The van der Waals surface area contributed by atoms with Crippen molar-refractivity contribution in [2.45, 2.75) is 20.3 Å². The molecule has 0 aliphatic carbocycles. The number of nitrogens with zero attached hydrogens (tertiary/aromatic N) is 2. The van der Waals surface area contributed by atoms with Gasteiger partial charge in [-0.15, -0.1) is 0 Å². The van der Waals surface area contributed by atoms with Crippen LogP contribution in [0.4, 0.5) is 0 Å². The highest BCUT2D eigenvalue weighted by Crippen LogP contribution is 2.12. The minimum Gasteiger partial charge on any atom is -0.392 e. The Bertz CT molecular complexity index is 715. The zero-order valence-electron chi connectivity index (χ0n) is 13.6. The molecule has 0 heterocycles. The van der Waals surface area contributed by atoms with Crippen molar-refractivity contribution in [3.05, 3.63) is 83.4 Å². The summed E-state index contributed by atoms with van der Waals surface area (Å²) in [5.74, 6) is 0. The summed E-state index contributed by atoms with van der Waals surface area (Å²) in [4.78, 5) is 0. The van der Waals surface area contributed by atoms with Gasteiger partial charge in [-0.2, -0.15) is 10.2 Å². The van der Waals surface area contributed by atoms with Gasteiger partial charge in [0, 0.05) is 5.56 Å². The van der Waals surface area contributed by atoms with Crippen LogP contribution < -0.4 is 0 Å². The van der Waals surface area contributed by atoms with E-state index in [4.69, 9.17) is 5.11 Å². The van der Waals surface area contributed by atoms with Crippen LogP contribution in [-0.2, 0) is 6.42 Å². The molecule has 118 valence electrons. The van der Waals surface area contributed by atoms with E-state index in [2.05, 4.69) is 16.3 Å². The summed E-state index contributed by atoms with van der Waals surface area (Å²) in [6.07, 6.45) is 4.48. The third-order valence-corrected chi connectivity index (χ3v) is 3.56. The molecule has 0 saturated heterocycles. The van der Waals surface area contributed by atoms with E-state index in [1.807, 2.05) is 68.5 Å². The summed E-state index contributed by atoms with van der Waals surface area (Å²) in [7, 11) is 0. The van der Waals surface area contributed by atoms with Crippen LogP contribution in [0.5, 0.6) is 0 Å². The van der Waals surface area contributed by atoms with Crippen LogP contribution in [0.25, 0.3) is 0 Å². The van der Waals surface area contributed by atoms with Gasteiger partial charge in [0.15, 0.2) is 0 Å². The number of aliphatic hydroxyl groups excluding tert-OH is 1. The van der Waals surface area contributed by atoms with E-state index in [1.54, 1.807) is 6.08 Å². The van der Waals surface area contributed by atoms with Gasteiger partial charge in [-0.1, -0.05) is 66.7 Å². The van der Waals surface area contributed by atoms with E-state index in [-0.39, 0.29) is 6.61 Å². The molecule has 1 N–H and O–H groups in total. The van der Waals surface area contributed by atoms with Crippen molar-refractivity contribution in [1.82, 2.24) is 0 Å². The third-order valence-electron chi connectivity index (χ3n) is 3.56. The van der Waals surface area contributed by atoms with Crippen LogP contribution in [0, 0.1) is 0 Å². The van der Waals surface area contributed by atoms with E-state index < -0.39 is 0 Å². The van der Waals surface area contributed by atoms with Crippen LogP contribution in [0.2, 0.25) is 0 Å². The molecular weight excluding hydrogens is 284 g/mol. The van der Waals surface area contributed by atoms with Crippen molar-refractivity contribution >= 4 is 11.4 Å². The van der Waals surface area contributed by atoms with E-state index >= 15 is 0 Å². The SMILES string of the molecule is C/C(=N\N=C(/C)c1ccccc1C/C=C/CO)c1ccccc1. The Morgan fingerprint density at radius 3 is 2.26 bits per heavy atom. The van der Waals surface area contributed by atoms with Crippen LogP contribution in [0.15, 0.2) is 77.0 Å². The molecular formula is C20H22N2O. The Morgan fingerprint density at radius 1 is 0.870 bits per heavy atom. The molecule has 0 spiro atoms. The van der Waals surface area contributed by atoms with E-state index in [0.29, 0.717) is 0 Å². The number of benzene rings is 2. The lowest BCUT2D eigenvalue weighted by Crippen LogP contribution is -2.01. The van der Waals surface area contributed by atoms with Crippen LogP contribution >= 0.6 is 0 Å². The minimum absolute atomic E-state index is 0.0653. The van der Waals surface area contributed by atoms with Gasteiger partial charge in [-0.05, 0) is 31.4 Å². The number of hydrogen-bond acceptors (Lipinski definition) is 3. The van der Waals surface area contributed by atoms with Crippen LogP contribution in [0.3, 0.4) is 0 Å². The summed E-state index contributed by atoms with van der Waals surface area (Å²) in [6, 6.07) is 18.2. The number of aliphatic hydroxyl groups is 1. The zero-order valence-corrected chi connectivity index (χ0v) is 13.6. The van der Waals surface area contributed by atoms with Crippen molar-refractivity contribution in [2.24, 2.45) is 10.2 Å². The summed E-state index contributed by atoms with van der Waals surface area (Å²) >= 11 is 0. The van der Waals surface area contributed by atoms with Crippen LogP contribution in [-0.4, -0.2) is 23.1 Å². The molecule has 0 radical (unpaired) electrons. The summed E-state index contributed by atoms with van der Waals surface area (Å²) in [6.45, 7) is 3.99. The highest BCUT2D eigenvalue weighted by molar-refractivity contribution is 6.02. The first-order chi connectivity index (χ1) is 11.2. The highest BCUT2D eigenvalue weighted by Gasteiger charge is 2.04. The molecule has 0 bridgehead atoms. The molecule has 3 nitrogen and oxygen atoms in total. The Kier molecular flexibility index (Phi) is 6.45. The molecule has 0 unspecified atom stereocenters. The van der Waals surface area contributed by atoms with Gasteiger partial charge in [-0.3, -0.25) is 0 Å². The van der Waals surface area contributed by atoms with E-state index in [1.165, 1.54) is 5.56 Å². The largest absolute Gasteiger partial charge is 0.392 e. The predicted octanol–water partition coefficient (Wildman–Crippen LogP) is 4.01. The molecule has 0 atom stereocenters. The lowest BCUT2D eigenvalue weighted by atomic mass is 10.0. The summed E-state index contributed by atoms with van der Waals surface area (Å²) < 4.78 is 0. The maximum Gasteiger partial charge on any atom is 0.0674 e. The average Bonchev–Trinajstić information content (AvgIpc) is 2.61. The van der Waals surface area contributed by atoms with Gasteiger partial charge in [-0.25, -0.2) is 0 Å². The fourth-order valence-corrected chi connectivity index (χ4v) is 2.28. The van der Waals surface area contributed by atoms with Gasteiger partial charge in [0.2, 0.25) is 0 Å². The zero-order chi connectivity index (χ0) is 16.5. The van der Waals surface area contributed by atoms with Crippen molar-refractivity contribution in [1.29, 1.82) is 0 Å². The molecule has 0 amide bonds. The maximum atomic E-state index is 8.85. The first-order valence-corrected chi connectivity index (χ1v) is 7.70. The monoisotopic (exact) mass is 306 g/mol. The molecule has 2 aromatic rings. The Hall–Kier alpha value is -2.52. The Morgan fingerprint density at radius 2 is 1.52 bits per heavy atom. The third kappa shape index (κ3) is 5.01. The molecule has 0 aliphatic heterocycles. The molecule has 0 saturated carbocycles. The fraction of sp³-hybridized carbons (Fsp3) is 0.200. The van der Waals surface area contributed by atoms with Crippen LogP contribution in [0.1, 0.15) is 30.5 Å². The van der Waals surface area contributed by atoms with Gasteiger partial charge in [0.25, 0.3) is 0 Å². The van der Waals surface area contributed by atoms with Gasteiger partial charge >= 0.3 is 0 Å². The van der Waals surface area contributed by atoms with Crippen molar-refractivity contribution in [3.8, 4) is 0 Å². The molecule has 2 rings (SSSR count). The second-order valence-electron chi connectivity index (χ2n) is 5.25. The number of rotatable bonds is 6. The average molecular weight is 306 g/mol. The van der Waals surface area contributed by atoms with Gasteiger partial charge < -0.3 is 5.11 Å². The molecule has 0 fully saturated rings. The fourth-order valence-electron chi connectivity index (χ4n) is 2.28. The lowest BCUT2D eigenvalue weighted by molar-refractivity contribution is 0.342. The summed E-state index contributed by atoms with van der Waals surface area (Å²) in [5.41, 5.74) is 5.10. The molecule has 3 heteroatoms. The molecule has 0 aliphatic rings. The van der Waals surface area contributed by atoms with Crippen molar-refractivity contribution in [3.63, 3.8) is 0 Å². The normalized spacial score (nSPS) is 12.8. The highest BCUT2D eigenvalue weighted by atomic mass is 16.2. The predicted molar refractivity (Wildman–Crippen MR) is 97.2 cm³/mol. The maximum absolute atomic E-state index is 8.85. The van der Waals surface area contributed by atoms with E-state index in [9.17, 15) is 0 Å². The Labute approximate surface area is 137 Å². The number of hydrogen-bond donors (Lipinski definition) is 1. The van der Waals surface area contributed by atoms with E-state index in [0.717, 1.165) is 29.0 Å². The quantitative estimate of drug-likeness (QED) is 0.489. The number of allylic oxidation sites excluding steroid dienone is 1. The first kappa shape index (κ1) is 16.8. The van der Waals surface area contributed by atoms with Gasteiger partial charge in [0.1, 0.15) is 0 Å². The molecule has 0 aromatic heterocycles. The second kappa shape index (κ2) is 8.81. The second-order valence-corrected chi connectivity index (χ2v) is 5.25. The van der Waals surface area contributed by atoms with Gasteiger partial charge in [0.05, 0.1) is 18.0 Å². The molecule has 2 aromatic carbocycles. The minimum atomic E-state index is 0.0653. The standard InChI is InChI=1S/C20H22N2O/c1-16(18-10-4-3-5-11-18)21-22-17(2)20-14-7-6-12-19(20)13-8-9-15-23/h3-12,14,23H,13,15H2,1-2H3/b9-8+,21-16+,22-17+. The van der Waals surface area contributed by atoms with Crippen molar-refractivity contribution in [2.75, 3.05) is 6.61 Å². The van der Waals surface area contributed by atoms with Crippen molar-refractivity contribution < 1.29 is 5.11 Å². The smallest absolute Gasteiger partial charge is 0.0674 e.